The zero-order valence-corrected chi connectivity index (χ0v) is 24.9. The third-order valence-corrected chi connectivity index (χ3v) is 10.2. The summed E-state index contributed by atoms with van der Waals surface area (Å²) < 4.78 is 82.9. The van der Waals surface area contributed by atoms with Gasteiger partial charge in [-0.05, 0) is 89.2 Å². The molecular weight excluding hydrogens is 675 g/mol. The van der Waals surface area contributed by atoms with Gasteiger partial charge in [-0.1, -0.05) is 0 Å². The molecule has 7 nitrogen and oxygen atoms in total. The predicted octanol–water partition coefficient (Wildman–Crippen LogP) is 4.78. The van der Waals surface area contributed by atoms with Gasteiger partial charge in [-0.2, -0.15) is 0 Å². The van der Waals surface area contributed by atoms with E-state index in [4.69, 9.17) is 0 Å². The molecular formula is C28H24F4IN4O3S+. The van der Waals surface area contributed by atoms with Crippen LogP contribution in [0.3, 0.4) is 0 Å². The summed E-state index contributed by atoms with van der Waals surface area (Å²) in [6.07, 6.45) is 7.53. The van der Waals surface area contributed by atoms with Gasteiger partial charge >= 0.3 is 6.20 Å². The number of benzene rings is 2. The van der Waals surface area contributed by atoms with Crippen LogP contribution in [0.4, 0.5) is 23.2 Å². The molecule has 13 heteroatoms. The van der Waals surface area contributed by atoms with E-state index < -0.39 is 44.0 Å². The van der Waals surface area contributed by atoms with Crippen LogP contribution in [0, 0.1) is 17.8 Å². The van der Waals surface area contributed by atoms with Crippen LogP contribution < -0.4 is 16.0 Å². The second-order valence-electron chi connectivity index (χ2n) is 11.1. The molecule has 1 unspecified atom stereocenters. The van der Waals surface area contributed by atoms with E-state index in [0.29, 0.717) is 30.3 Å². The van der Waals surface area contributed by atoms with Crippen LogP contribution in [0.25, 0.3) is 10.8 Å². The number of alkyl halides is 3. The van der Waals surface area contributed by atoms with Gasteiger partial charge in [0.15, 0.2) is 9.84 Å². The molecule has 0 aliphatic heterocycles. The lowest BCUT2D eigenvalue weighted by molar-refractivity contribution is -0.423. The first-order valence-corrected chi connectivity index (χ1v) is 15.8. The Balaban J connectivity index is 1.41. The van der Waals surface area contributed by atoms with Gasteiger partial charge in [-0.15, -0.1) is 0 Å². The number of hydrogen-bond donors (Lipinski definition) is 1. The van der Waals surface area contributed by atoms with Gasteiger partial charge in [0.2, 0.25) is 0 Å². The highest BCUT2D eigenvalue weighted by atomic mass is 127. The molecule has 0 spiro atoms. The molecule has 0 saturated heterocycles. The van der Waals surface area contributed by atoms with Crippen molar-refractivity contribution in [3.63, 3.8) is 0 Å². The fourth-order valence-corrected chi connectivity index (χ4v) is 7.75. The van der Waals surface area contributed by atoms with Gasteiger partial charge < -0.3 is 9.88 Å². The molecule has 7 rings (SSSR count). The van der Waals surface area contributed by atoms with E-state index in [0.717, 1.165) is 36.1 Å². The van der Waals surface area contributed by atoms with Crippen LogP contribution in [0.5, 0.6) is 0 Å². The largest absolute Gasteiger partial charge is 0.375 e. The highest BCUT2D eigenvalue weighted by Crippen LogP contribution is 2.73. The summed E-state index contributed by atoms with van der Waals surface area (Å²) in [5.41, 5.74) is 0.615. The van der Waals surface area contributed by atoms with Crippen molar-refractivity contribution in [3.8, 4) is 0 Å². The molecule has 3 saturated carbocycles. The van der Waals surface area contributed by atoms with Crippen molar-refractivity contribution >= 4 is 48.9 Å². The average Bonchev–Trinajstić information content (AvgIpc) is 3.34. The number of sulfone groups is 1. The topological polar surface area (TPSA) is 87.2 Å². The minimum absolute atomic E-state index is 0.0433. The lowest BCUT2D eigenvalue weighted by atomic mass is 9.33. The van der Waals surface area contributed by atoms with E-state index in [1.807, 2.05) is 0 Å². The summed E-state index contributed by atoms with van der Waals surface area (Å²) in [4.78, 5) is 13.1. The minimum atomic E-state index is -3.89. The Kier molecular flexibility index (Phi) is 6.46. The average molecular weight is 699 g/mol. The number of fused-ring (bicyclic) bond motifs is 1. The van der Waals surface area contributed by atoms with E-state index >= 15 is 0 Å². The van der Waals surface area contributed by atoms with Crippen LogP contribution in [0.1, 0.15) is 46.4 Å². The summed E-state index contributed by atoms with van der Waals surface area (Å²) in [7, 11) is -2.27. The minimum Gasteiger partial charge on any atom is -0.375 e. The second kappa shape index (κ2) is 9.45. The lowest BCUT2D eigenvalue weighted by Gasteiger charge is -2.70. The molecule has 3 aliphatic rings. The van der Waals surface area contributed by atoms with Gasteiger partial charge in [0.25, 0.3) is 9.86 Å². The molecule has 2 aromatic carbocycles. The Morgan fingerprint density at radius 2 is 1.80 bits per heavy atom. The molecule has 1 N–H and O–H groups in total. The summed E-state index contributed by atoms with van der Waals surface area (Å²) in [6.45, 7) is -1.07. The van der Waals surface area contributed by atoms with Crippen LogP contribution in [0.15, 0.2) is 52.3 Å². The highest BCUT2D eigenvalue weighted by molar-refractivity contribution is 14.1. The molecule has 214 valence electrons. The van der Waals surface area contributed by atoms with Crippen molar-refractivity contribution < 1.29 is 31.1 Å². The van der Waals surface area contributed by atoms with E-state index in [-0.39, 0.29) is 32.4 Å². The Morgan fingerprint density at radius 3 is 2.41 bits per heavy atom. The molecule has 3 fully saturated rings. The maximum absolute atomic E-state index is 14.8. The zero-order chi connectivity index (χ0) is 29.5. The van der Waals surface area contributed by atoms with Crippen LogP contribution in [0.2, 0.25) is 0 Å². The molecule has 0 amide bonds. The van der Waals surface area contributed by atoms with Crippen LogP contribution >= 0.6 is 22.6 Å². The van der Waals surface area contributed by atoms with Crippen molar-refractivity contribution in [2.45, 2.75) is 45.3 Å². The molecule has 0 radical (unpaired) electrons. The Hall–Kier alpha value is -3.12. The SMILES string of the molecule is Cn1c(C23CC(c4c#[n+]n(C(F)I)c4)(C2)C3)cc2c([C@@H](CF)Nc3ccc(F)cc3S(C)(=O)=O)cc(F)cc2c1=O. The van der Waals surface area contributed by atoms with Crippen molar-refractivity contribution in [3.05, 3.63) is 87.6 Å². The van der Waals surface area contributed by atoms with E-state index in [1.54, 1.807) is 41.9 Å². The predicted molar refractivity (Wildman–Crippen MR) is 151 cm³/mol. The quantitative estimate of drug-likeness (QED) is 0.163. The number of hydrogen-bond acceptors (Lipinski definition) is 4. The number of pyridine rings is 1. The number of rotatable bonds is 8. The first-order valence-electron chi connectivity index (χ1n) is 12.7. The summed E-state index contributed by atoms with van der Waals surface area (Å²) >= 11 is 1.62. The van der Waals surface area contributed by atoms with Crippen LogP contribution in [-0.2, 0) is 27.7 Å². The molecule has 2 aromatic heterocycles. The highest BCUT2D eigenvalue weighted by Gasteiger charge is 2.71. The molecule has 41 heavy (non-hydrogen) atoms. The van der Waals surface area contributed by atoms with Crippen molar-refractivity contribution in [1.29, 1.82) is 0 Å². The third kappa shape index (κ3) is 4.41. The van der Waals surface area contributed by atoms with Gasteiger partial charge in [0.1, 0.15) is 30.1 Å². The standard InChI is InChI=1S/C28H24F4IN4O3S/c1-36-24(28-12-27(13-28,14-28)15-10-34-37(11-15)26(32)33)8-18-19(5-17(31)6-20(18)25(36)38)22(9-29)35-21-4-3-16(30)7-23(21)41(2,39)40/h3-8,11,22,26,35H,9,12-14H2,1-2H3/q+1/t22-,26?,27?,28?/m1/s1. The third-order valence-electron chi connectivity index (χ3n) is 8.45. The zero-order valence-electron chi connectivity index (χ0n) is 21.9. The van der Waals surface area contributed by atoms with E-state index in [9.17, 15) is 30.8 Å². The van der Waals surface area contributed by atoms with Gasteiger partial charge in [0.05, 0.1) is 27.1 Å². The fourth-order valence-electron chi connectivity index (χ4n) is 6.61. The van der Waals surface area contributed by atoms with Crippen molar-refractivity contribution in [2.24, 2.45) is 7.05 Å². The lowest BCUT2D eigenvalue weighted by Crippen LogP contribution is -2.68. The van der Waals surface area contributed by atoms with E-state index in [1.165, 1.54) is 15.3 Å². The Morgan fingerprint density at radius 1 is 1.10 bits per heavy atom. The number of anilines is 1. The van der Waals surface area contributed by atoms with E-state index in [2.05, 4.69) is 16.6 Å². The maximum atomic E-state index is 14.8. The molecule has 2 atom stereocenters. The van der Waals surface area contributed by atoms with Gasteiger partial charge in [-0.25, -0.2) is 26.0 Å². The number of aromatic nitrogens is 3. The number of nitrogens with zero attached hydrogens (tertiary/aromatic N) is 3. The summed E-state index contributed by atoms with van der Waals surface area (Å²) in [5.74, 6) is -1.53. The molecule has 4 aromatic rings. The smallest absolute Gasteiger partial charge is 0.356 e. The van der Waals surface area contributed by atoms with Crippen molar-refractivity contribution in [2.75, 3.05) is 18.2 Å². The van der Waals surface area contributed by atoms with Gasteiger partial charge in [-0.3, -0.25) is 4.79 Å². The monoisotopic (exact) mass is 699 g/mol. The molecule has 2 heterocycles. The first-order chi connectivity index (χ1) is 19.3. The summed E-state index contributed by atoms with van der Waals surface area (Å²) in [5, 5.41) is 7.17. The van der Waals surface area contributed by atoms with Crippen molar-refractivity contribution in [1.82, 2.24) is 9.25 Å². The number of nitrogens with one attached hydrogen (secondary N) is 1. The number of halogens is 5. The molecule has 3 aliphatic carbocycles. The fraction of sp³-hybridized carbons (Fsp3) is 0.357. The Bertz CT molecular complexity index is 1870. The maximum Gasteiger partial charge on any atom is 0.356 e. The molecule has 2 bridgehead atoms. The van der Waals surface area contributed by atoms with Crippen LogP contribution in [-0.4, -0.2) is 30.6 Å². The summed E-state index contributed by atoms with van der Waals surface area (Å²) in [6, 6.07) is 5.82. The normalized spacial score (nSPS) is 22.9. The Labute approximate surface area is 246 Å². The first kappa shape index (κ1) is 28.0. The van der Waals surface area contributed by atoms with Gasteiger partial charge in [0, 0.05) is 34.5 Å². The second-order valence-corrected chi connectivity index (χ2v) is 14.1.